The van der Waals surface area contributed by atoms with E-state index in [0.29, 0.717) is 37.2 Å². The third kappa shape index (κ3) is 5.85. The number of aryl methyl sites for hydroxylation is 2. The molecule has 0 N–H and O–H groups in total. The van der Waals surface area contributed by atoms with E-state index < -0.39 is 41.9 Å². The molecule has 2 aliphatic rings. The molecule has 13 heteroatoms. The van der Waals surface area contributed by atoms with E-state index in [1.165, 1.54) is 26.0 Å². The fourth-order valence-corrected chi connectivity index (χ4v) is 10.1. The summed E-state index contributed by atoms with van der Waals surface area (Å²) in [5.74, 6) is -10.2. The lowest BCUT2D eigenvalue weighted by molar-refractivity contribution is -0.254. The van der Waals surface area contributed by atoms with E-state index in [-0.39, 0.29) is 32.1 Å². The Kier molecular flexibility index (Phi) is 9.32. The third-order valence-electron chi connectivity index (χ3n) is 10.7. The Balaban J connectivity index is 1.24. The van der Waals surface area contributed by atoms with Crippen molar-refractivity contribution in [3.8, 4) is 22.3 Å². The minimum Gasteiger partial charge on any atom is -0.318 e. The molecule has 0 atom stereocenters. The molecule has 3 aromatic heterocycles. The Morgan fingerprint density at radius 3 is 2.11 bits per heavy atom. The molecule has 0 unspecified atom stereocenters. The number of rotatable bonds is 6. The second kappa shape index (κ2) is 13.7. The molecule has 0 bridgehead atoms. The first-order valence-corrected chi connectivity index (χ1v) is 19.6. The lowest BCUT2D eigenvalue weighted by Crippen LogP contribution is -2.48. The number of nitrogens with zero attached hydrogens (tertiary/aromatic N) is 2. The van der Waals surface area contributed by atoms with E-state index in [4.69, 9.17) is 0 Å². The zero-order chi connectivity index (χ0) is 40.8. The van der Waals surface area contributed by atoms with Crippen LogP contribution in [0.2, 0.25) is 0 Å². The Morgan fingerprint density at radius 2 is 1.42 bits per heavy atom. The molecule has 2 nitrogen and oxygen atoms in total. The number of aromatic nitrogens is 1. The van der Waals surface area contributed by atoms with Gasteiger partial charge in [0.1, 0.15) is 0 Å². The fraction of sp³-hybridized carbons (Fsp3) is 0.205. The SMILES string of the molecule is CCC1=C(C)/C(=C/c2c3ccccc3c(C#Cc3cccc(-c4cc(C5=C(c6c(C)sc7ccccc67)C(F)(F)C(F)(F)C5(F)F)c(C)s4)c3)n2B(F)F)N=C1C. The molecule has 0 radical (unpaired) electrons. The van der Waals surface area contributed by atoms with Crippen molar-refractivity contribution < 1.29 is 35.0 Å². The second-order valence-corrected chi connectivity index (χ2v) is 16.5. The zero-order valence-electron chi connectivity index (χ0n) is 31.1. The van der Waals surface area contributed by atoms with Crippen LogP contribution in [0.1, 0.15) is 65.0 Å². The van der Waals surface area contributed by atoms with Gasteiger partial charge in [0.15, 0.2) is 0 Å². The van der Waals surface area contributed by atoms with Gasteiger partial charge in [0, 0.05) is 69.2 Å². The minimum absolute atomic E-state index is 0.0733. The molecular weight excluding hydrogens is 783 g/mol. The molecule has 4 heterocycles. The molecule has 6 aromatic rings. The Morgan fingerprint density at radius 1 is 0.754 bits per heavy atom. The van der Waals surface area contributed by atoms with E-state index in [1.807, 2.05) is 20.8 Å². The molecule has 3 aromatic carbocycles. The van der Waals surface area contributed by atoms with Crippen LogP contribution in [0.5, 0.6) is 0 Å². The van der Waals surface area contributed by atoms with Crippen molar-refractivity contribution in [2.75, 3.05) is 0 Å². The predicted octanol–water partition coefficient (Wildman–Crippen LogP) is 13.7. The van der Waals surface area contributed by atoms with Gasteiger partial charge in [0.2, 0.25) is 0 Å². The number of hydrogen-bond acceptors (Lipinski definition) is 3. The summed E-state index contributed by atoms with van der Waals surface area (Å²) in [6, 6.07) is 21.0. The summed E-state index contributed by atoms with van der Waals surface area (Å²) in [6.45, 7) is 8.70. The number of aliphatic imine (C=N–C) groups is 1. The minimum atomic E-state index is -5.70. The van der Waals surface area contributed by atoms with Crippen LogP contribution in [0.3, 0.4) is 0 Å². The largest absolute Gasteiger partial charge is 0.678 e. The van der Waals surface area contributed by atoms with Gasteiger partial charge in [-0.3, -0.25) is 13.6 Å². The number of hydrogen-bond donors (Lipinski definition) is 0. The Hall–Kier alpha value is -5.19. The van der Waals surface area contributed by atoms with Gasteiger partial charge in [-0.1, -0.05) is 67.4 Å². The standard InChI is InChI=1S/C44H31BF8N2S2/c1-6-29-23(2)34(54-24(29)3)22-36-31-15-8-7-14-30(31)35(55(36)45(52)53)19-18-27-12-11-13-28(20-27)38-21-33(25(4)56-38)40-41(43(48,49)44(50,51)42(40,46)47)39-26(5)57-37-17-10-9-16-32(37)39/h7-17,20-22H,6H2,1-5H3/b34-22-. The van der Waals surface area contributed by atoms with Crippen LogP contribution in [0, 0.1) is 25.7 Å². The van der Waals surface area contributed by atoms with Gasteiger partial charge >= 0.3 is 25.2 Å². The molecule has 1 aliphatic carbocycles. The highest BCUT2D eigenvalue weighted by Crippen LogP contribution is 2.66. The zero-order valence-corrected chi connectivity index (χ0v) is 32.7. The summed E-state index contributed by atoms with van der Waals surface area (Å²) in [6.07, 6.45) is 2.40. The van der Waals surface area contributed by atoms with Crippen LogP contribution < -0.4 is 0 Å². The van der Waals surface area contributed by atoms with Gasteiger partial charge in [-0.2, -0.15) is 26.3 Å². The van der Waals surface area contributed by atoms with Crippen molar-refractivity contribution >= 4 is 73.9 Å². The van der Waals surface area contributed by atoms with Crippen molar-refractivity contribution in [1.82, 2.24) is 4.48 Å². The highest BCUT2D eigenvalue weighted by molar-refractivity contribution is 7.19. The lowest BCUT2D eigenvalue weighted by Gasteiger charge is -2.25. The number of benzene rings is 3. The lowest BCUT2D eigenvalue weighted by atomic mass is 9.93. The van der Waals surface area contributed by atoms with Gasteiger partial charge in [0.25, 0.3) is 0 Å². The van der Waals surface area contributed by atoms with Crippen LogP contribution >= 0.6 is 22.7 Å². The summed E-state index contributed by atoms with van der Waals surface area (Å²) in [4.78, 5) is 5.34. The maximum atomic E-state index is 15.9. The number of fused-ring (bicyclic) bond motifs is 2. The van der Waals surface area contributed by atoms with Gasteiger partial charge < -0.3 is 4.48 Å². The van der Waals surface area contributed by atoms with E-state index >= 15 is 26.3 Å². The topological polar surface area (TPSA) is 17.3 Å². The van der Waals surface area contributed by atoms with Crippen LogP contribution in [0.15, 0.2) is 101 Å². The third-order valence-corrected chi connectivity index (χ3v) is 12.9. The Bertz CT molecular complexity index is 2860. The highest BCUT2D eigenvalue weighted by atomic mass is 32.1. The fourth-order valence-electron chi connectivity index (χ4n) is 7.96. The number of alkyl halides is 6. The second-order valence-electron chi connectivity index (χ2n) is 14.0. The Labute approximate surface area is 331 Å². The first-order valence-electron chi connectivity index (χ1n) is 18.0. The van der Waals surface area contributed by atoms with Crippen LogP contribution in [0.4, 0.5) is 35.0 Å². The van der Waals surface area contributed by atoms with E-state index in [1.54, 1.807) is 72.8 Å². The molecule has 0 spiro atoms. The quantitative estimate of drug-likeness (QED) is 0.0905. The van der Waals surface area contributed by atoms with Gasteiger partial charge in [-0.25, -0.2) is 0 Å². The molecule has 0 amide bonds. The molecule has 0 saturated heterocycles. The molecule has 1 aliphatic heterocycles. The first kappa shape index (κ1) is 38.7. The summed E-state index contributed by atoms with van der Waals surface area (Å²) < 4.78 is 125. The molecule has 0 fully saturated rings. The van der Waals surface area contributed by atoms with Crippen LogP contribution in [-0.2, 0) is 0 Å². The molecule has 0 saturated carbocycles. The summed E-state index contributed by atoms with van der Waals surface area (Å²) in [5, 5.41) is 1.26. The van der Waals surface area contributed by atoms with Crippen molar-refractivity contribution in [3.05, 3.63) is 134 Å². The maximum Gasteiger partial charge on any atom is 0.678 e. The van der Waals surface area contributed by atoms with Crippen molar-refractivity contribution in [2.45, 2.75) is 58.8 Å². The highest BCUT2D eigenvalue weighted by Gasteiger charge is 2.80. The summed E-state index contributed by atoms with van der Waals surface area (Å²) >= 11 is 2.05. The average molecular weight is 815 g/mol. The van der Waals surface area contributed by atoms with E-state index in [0.717, 1.165) is 50.4 Å². The van der Waals surface area contributed by atoms with E-state index in [9.17, 15) is 8.63 Å². The van der Waals surface area contributed by atoms with Crippen molar-refractivity contribution in [2.24, 2.45) is 4.99 Å². The van der Waals surface area contributed by atoms with E-state index in [2.05, 4.69) is 16.8 Å². The summed E-state index contributed by atoms with van der Waals surface area (Å²) in [5.41, 5.74) is 1.06. The monoisotopic (exact) mass is 814 g/mol. The van der Waals surface area contributed by atoms with Crippen LogP contribution in [-0.4, -0.2) is 35.4 Å². The summed E-state index contributed by atoms with van der Waals surface area (Å²) in [7, 11) is -2.95. The molecule has 57 heavy (non-hydrogen) atoms. The van der Waals surface area contributed by atoms with Crippen molar-refractivity contribution in [3.63, 3.8) is 0 Å². The maximum absolute atomic E-state index is 15.9. The number of thiophene rings is 2. The normalized spacial score (nSPS) is 17.9. The van der Waals surface area contributed by atoms with Gasteiger partial charge in [0.05, 0.1) is 11.4 Å². The van der Waals surface area contributed by atoms with Crippen LogP contribution in [0.25, 0.3) is 48.5 Å². The molecular formula is C44H31BF8N2S2. The molecule has 8 rings (SSSR count). The average Bonchev–Trinajstić information content (AvgIpc) is 3.90. The van der Waals surface area contributed by atoms with Crippen molar-refractivity contribution in [1.29, 1.82) is 0 Å². The molecule has 288 valence electrons. The first-order chi connectivity index (χ1) is 27.0. The van der Waals surface area contributed by atoms with Gasteiger partial charge in [-0.05, 0) is 92.7 Å². The van der Waals surface area contributed by atoms with Gasteiger partial charge in [-0.15, -0.1) is 22.7 Å². The number of halogens is 8. The predicted molar refractivity (Wildman–Crippen MR) is 218 cm³/mol. The number of allylic oxidation sites excluding steroid dienone is 4. The smallest absolute Gasteiger partial charge is 0.318 e.